The number of amides is 2. The Morgan fingerprint density at radius 3 is 2.32 bits per heavy atom. The van der Waals surface area contributed by atoms with Gasteiger partial charge in [0.25, 0.3) is 5.69 Å². The number of benzene rings is 2. The number of hydrogen-bond acceptors (Lipinski definition) is 5. The average Bonchev–Trinajstić information content (AvgIpc) is 2.67. The van der Waals surface area contributed by atoms with Crippen molar-refractivity contribution in [1.29, 1.82) is 0 Å². The monoisotopic (exact) mass is 382 g/mol. The van der Waals surface area contributed by atoms with Crippen LogP contribution in [0.15, 0.2) is 47.6 Å². The molecule has 8 nitrogen and oxygen atoms in total. The van der Waals surface area contributed by atoms with E-state index in [0.29, 0.717) is 11.3 Å². The van der Waals surface area contributed by atoms with E-state index in [9.17, 15) is 19.7 Å². The van der Waals surface area contributed by atoms with Gasteiger partial charge in [-0.15, -0.1) is 0 Å². The lowest BCUT2D eigenvalue weighted by atomic mass is 10.1. The standard InChI is InChI=1S/C20H22N4O4/c1-13-4-5-14(2)18(12-13)21-19(25)10-11-20(26)23-22-15(3)16-6-8-17(9-7-16)24(27)28/h4-9,12H,10-11H2,1-3H3,(H,21,25)(H,23,26)/b22-15+. The summed E-state index contributed by atoms with van der Waals surface area (Å²) in [5, 5.41) is 17.4. The second-order valence-corrected chi connectivity index (χ2v) is 6.40. The molecule has 0 bridgehead atoms. The summed E-state index contributed by atoms with van der Waals surface area (Å²) in [6, 6.07) is 11.6. The van der Waals surface area contributed by atoms with E-state index in [1.807, 2.05) is 32.0 Å². The number of hydrazone groups is 1. The van der Waals surface area contributed by atoms with E-state index in [0.717, 1.165) is 16.8 Å². The van der Waals surface area contributed by atoms with Gasteiger partial charge >= 0.3 is 0 Å². The summed E-state index contributed by atoms with van der Waals surface area (Å²) in [5.74, 6) is -0.641. The maximum absolute atomic E-state index is 12.0. The maximum atomic E-state index is 12.0. The van der Waals surface area contributed by atoms with Gasteiger partial charge in [-0.3, -0.25) is 19.7 Å². The number of carbonyl (C=O) groups is 2. The van der Waals surface area contributed by atoms with Crippen molar-refractivity contribution in [1.82, 2.24) is 5.43 Å². The summed E-state index contributed by atoms with van der Waals surface area (Å²) in [6.07, 6.45) is 0.0268. The third-order valence-electron chi connectivity index (χ3n) is 4.09. The Labute approximate surface area is 162 Å². The molecule has 0 aliphatic rings. The third kappa shape index (κ3) is 6.01. The molecule has 0 aliphatic carbocycles. The second-order valence-electron chi connectivity index (χ2n) is 6.40. The fourth-order valence-corrected chi connectivity index (χ4v) is 2.40. The summed E-state index contributed by atoms with van der Waals surface area (Å²) < 4.78 is 0. The van der Waals surface area contributed by atoms with Gasteiger partial charge in [-0.2, -0.15) is 5.10 Å². The summed E-state index contributed by atoms with van der Waals surface area (Å²) in [4.78, 5) is 34.1. The molecule has 28 heavy (non-hydrogen) atoms. The zero-order valence-electron chi connectivity index (χ0n) is 16.0. The van der Waals surface area contributed by atoms with E-state index >= 15 is 0 Å². The number of non-ortho nitro benzene ring substituents is 1. The quantitative estimate of drug-likeness (QED) is 0.433. The lowest BCUT2D eigenvalue weighted by Gasteiger charge is -2.09. The molecule has 2 aromatic rings. The first-order chi connectivity index (χ1) is 13.3. The van der Waals surface area contributed by atoms with Crippen molar-refractivity contribution < 1.29 is 14.5 Å². The molecule has 0 radical (unpaired) electrons. The van der Waals surface area contributed by atoms with Crippen LogP contribution >= 0.6 is 0 Å². The van der Waals surface area contributed by atoms with Gasteiger partial charge in [0.15, 0.2) is 0 Å². The molecule has 146 valence electrons. The molecule has 2 amide bonds. The van der Waals surface area contributed by atoms with Crippen LogP contribution in [-0.4, -0.2) is 22.4 Å². The Morgan fingerprint density at radius 1 is 1.04 bits per heavy atom. The largest absolute Gasteiger partial charge is 0.326 e. The van der Waals surface area contributed by atoms with Gasteiger partial charge in [0.1, 0.15) is 0 Å². The molecule has 0 aliphatic heterocycles. The van der Waals surface area contributed by atoms with Crippen LogP contribution in [0, 0.1) is 24.0 Å². The number of rotatable bonds is 7. The Morgan fingerprint density at radius 2 is 1.68 bits per heavy atom. The van der Waals surface area contributed by atoms with Crippen molar-refractivity contribution in [2.45, 2.75) is 33.6 Å². The summed E-state index contributed by atoms with van der Waals surface area (Å²) in [5.41, 5.74) is 6.25. The zero-order valence-corrected chi connectivity index (χ0v) is 16.0. The average molecular weight is 382 g/mol. The predicted molar refractivity (Wildman–Crippen MR) is 107 cm³/mol. The van der Waals surface area contributed by atoms with E-state index in [1.165, 1.54) is 12.1 Å². The highest BCUT2D eigenvalue weighted by Gasteiger charge is 2.09. The van der Waals surface area contributed by atoms with E-state index in [2.05, 4.69) is 15.8 Å². The van der Waals surface area contributed by atoms with Gasteiger partial charge in [0.2, 0.25) is 11.8 Å². The molecule has 0 fully saturated rings. The fourth-order valence-electron chi connectivity index (χ4n) is 2.40. The van der Waals surface area contributed by atoms with Gasteiger partial charge in [-0.25, -0.2) is 5.43 Å². The number of hydrogen-bond donors (Lipinski definition) is 2. The van der Waals surface area contributed by atoms with E-state index in [4.69, 9.17) is 0 Å². The Bertz CT molecular complexity index is 920. The lowest BCUT2D eigenvalue weighted by Crippen LogP contribution is -2.22. The van der Waals surface area contributed by atoms with Crippen LogP contribution in [0.2, 0.25) is 0 Å². The molecule has 0 atom stereocenters. The molecular formula is C20H22N4O4. The minimum atomic E-state index is -0.485. The predicted octanol–water partition coefficient (Wildman–Crippen LogP) is 3.47. The van der Waals surface area contributed by atoms with Crippen molar-refractivity contribution in [3.63, 3.8) is 0 Å². The van der Waals surface area contributed by atoms with Gasteiger partial charge in [0.05, 0.1) is 10.6 Å². The van der Waals surface area contributed by atoms with Gasteiger partial charge in [-0.05, 0) is 55.7 Å². The number of nitro groups is 1. The van der Waals surface area contributed by atoms with Gasteiger partial charge in [0, 0.05) is 30.7 Å². The highest BCUT2D eigenvalue weighted by Crippen LogP contribution is 2.16. The molecule has 0 saturated heterocycles. The van der Waals surface area contributed by atoms with Crippen LogP contribution in [0.5, 0.6) is 0 Å². The van der Waals surface area contributed by atoms with Crippen molar-refractivity contribution in [3.8, 4) is 0 Å². The Balaban J connectivity index is 1.84. The van der Waals surface area contributed by atoms with E-state index < -0.39 is 10.8 Å². The SMILES string of the molecule is C/C(=N\NC(=O)CCC(=O)Nc1cc(C)ccc1C)c1ccc([N+](=O)[O-])cc1. The van der Waals surface area contributed by atoms with Gasteiger partial charge in [-0.1, -0.05) is 12.1 Å². The first kappa shape index (κ1) is 20.8. The Kier molecular flexibility index (Phi) is 6.97. The molecule has 2 rings (SSSR count). The highest BCUT2D eigenvalue weighted by molar-refractivity contribution is 5.99. The smallest absolute Gasteiger partial charge is 0.269 e. The third-order valence-corrected chi connectivity index (χ3v) is 4.09. The molecule has 2 N–H and O–H groups in total. The highest BCUT2D eigenvalue weighted by atomic mass is 16.6. The molecular weight excluding hydrogens is 360 g/mol. The van der Waals surface area contributed by atoms with Crippen LogP contribution in [0.1, 0.15) is 36.5 Å². The number of nitrogens with one attached hydrogen (secondary N) is 2. The number of carbonyl (C=O) groups excluding carboxylic acids is 2. The van der Waals surface area contributed by atoms with Crippen LogP contribution in [-0.2, 0) is 9.59 Å². The van der Waals surface area contributed by atoms with E-state index in [1.54, 1.807) is 19.1 Å². The topological polar surface area (TPSA) is 114 Å². The molecule has 0 aromatic heterocycles. The minimum Gasteiger partial charge on any atom is -0.326 e. The van der Waals surface area contributed by atoms with E-state index in [-0.39, 0.29) is 24.4 Å². The first-order valence-electron chi connectivity index (χ1n) is 8.71. The second kappa shape index (κ2) is 9.40. The first-order valence-corrected chi connectivity index (χ1v) is 8.71. The number of aryl methyl sites for hydroxylation is 2. The maximum Gasteiger partial charge on any atom is 0.269 e. The molecule has 0 unspecified atom stereocenters. The molecule has 0 spiro atoms. The summed E-state index contributed by atoms with van der Waals surface area (Å²) in [6.45, 7) is 5.51. The van der Waals surface area contributed by atoms with Crippen LogP contribution in [0.25, 0.3) is 0 Å². The van der Waals surface area contributed by atoms with Gasteiger partial charge < -0.3 is 5.32 Å². The molecule has 8 heteroatoms. The van der Waals surface area contributed by atoms with Crippen LogP contribution < -0.4 is 10.7 Å². The zero-order chi connectivity index (χ0) is 20.7. The molecule has 0 saturated carbocycles. The number of nitrogens with zero attached hydrogens (tertiary/aromatic N) is 2. The normalized spacial score (nSPS) is 11.0. The summed E-state index contributed by atoms with van der Waals surface area (Å²) >= 11 is 0. The van der Waals surface area contributed by atoms with Crippen molar-refractivity contribution in [3.05, 3.63) is 69.3 Å². The molecule has 2 aromatic carbocycles. The lowest BCUT2D eigenvalue weighted by molar-refractivity contribution is -0.384. The van der Waals surface area contributed by atoms with Crippen LogP contribution in [0.3, 0.4) is 0 Å². The fraction of sp³-hybridized carbons (Fsp3) is 0.250. The number of nitro benzene ring substituents is 1. The van der Waals surface area contributed by atoms with Crippen molar-refractivity contribution >= 4 is 28.9 Å². The van der Waals surface area contributed by atoms with Crippen LogP contribution in [0.4, 0.5) is 11.4 Å². The minimum absolute atomic E-state index is 0.00621. The van der Waals surface area contributed by atoms with Crippen molar-refractivity contribution in [2.75, 3.05) is 5.32 Å². The van der Waals surface area contributed by atoms with Crippen molar-refractivity contribution in [2.24, 2.45) is 5.10 Å². The summed E-state index contributed by atoms with van der Waals surface area (Å²) in [7, 11) is 0. The number of anilines is 1. The molecule has 0 heterocycles. The Hall–Kier alpha value is -3.55.